The number of pyridine rings is 1. The minimum atomic E-state index is -4.79. The molecule has 0 fully saturated rings. The number of ether oxygens (including phenoxy) is 1. The summed E-state index contributed by atoms with van der Waals surface area (Å²) in [6.45, 7) is 0. The second-order valence-corrected chi connectivity index (χ2v) is 3.42. The topological polar surface area (TPSA) is 42.4 Å². The fraction of sp³-hybridized carbons (Fsp3) is 0.0833. The number of benzene rings is 1. The van der Waals surface area contributed by atoms with Crippen LogP contribution in [0, 0.1) is 0 Å². The molecule has 2 aromatic rings. The van der Waals surface area contributed by atoms with Crippen LogP contribution in [0.4, 0.5) is 13.2 Å². The van der Waals surface area contributed by atoms with E-state index in [2.05, 4.69) is 9.72 Å². The van der Waals surface area contributed by atoms with Crippen molar-refractivity contribution < 1.29 is 23.0 Å². The highest BCUT2D eigenvalue weighted by Crippen LogP contribution is 2.36. The molecule has 0 saturated carbocycles. The third kappa shape index (κ3) is 2.71. The Bertz CT molecular complexity index is 555. The summed E-state index contributed by atoms with van der Waals surface area (Å²) in [7, 11) is 0. The van der Waals surface area contributed by atoms with Crippen molar-refractivity contribution in [2.24, 2.45) is 0 Å². The van der Waals surface area contributed by atoms with Crippen LogP contribution in [0.15, 0.2) is 42.6 Å². The van der Waals surface area contributed by atoms with Gasteiger partial charge in [-0.2, -0.15) is 0 Å². The lowest BCUT2D eigenvalue weighted by Crippen LogP contribution is -2.17. The van der Waals surface area contributed by atoms with Gasteiger partial charge in [-0.25, -0.2) is 0 Å². The van der Waals surface area contributed by atoms with Crippen molar-refractivity contribution in [3.8, 4) is 22.8 Å². The molecule has 6 heteroatoms. The molecule has 94 valence electrons. The second kappa shape index (κ2) is 4.56. The van der Waals surface area contributed by atoms with Crippen molar-refractivity contribution in [3.05, 3.63) is 42.6 Å². The van der Waals surface area contributed by atoms with E-state index in [-0.39, 0.29) is 17.0 Å². The smallest absolute Gasteiger partial charge is 0.506 e. The zero-order valence-electron chi connectivity index (χ0n) is 8.98. The molecule has 0 aliphatic carbocycles. The molecular formula is C12H8F3NO2. The highest BCUT2D eigenvalue weighted by atomic mass is 19.4. The number of halogens is 3. The van der Waals surface area contributed by atoms with Crippen molar-refractivity contribution in [1.82, 2.24) is 4.98 Å². The molecule has 2 rings (SSSR count). The lowest BCUT2D eigenvalue weighted by Gasteiger charge is -2.13. The molecule has 0 bridgehead atoms. The first-order valence-electron chi connectivity index (χ1n) is 4.96. The predicted molar refractivity (Wildman–Crippen MR) is 58.0 cm³/mol. The van der Waals surface area contributed by atoms with Gasteiger partial charge in [0, 0.05) is 11.8 Å². The maximum Gasteiger partial charge on any atom is 0.573 e. The summed E-state index contributed by atoms with van der Waals surface area (Å²) in [6.07, 6.45) is -3.42. The highest BCUT2D eigenvalue weighted by molar-refractivity contribution is 5.71. The van der Waals surface area contributed by atoms with Crippen molar-refractivity contribution in [1.29, 1.82) is 0 Å². The molecule has 1 aromatic carbocycles. The lowest BCUT2D eigenvalue weighted by molar-refractivity contribution is -0.274. The predicted octanol–water partition coefficient (Wildman–Crippen LogP) is 3.35. The minimum Gasteiger partial charge on any atom is -0.506 e. The van der Waals surface area contributed by atoms with Gasteiger partial charge in [0.1, 0.15) is 17.2 Å². The number of rotatable bonds is 2. The fourth-order valence-corrected chi connectivity index (χ4v) is 1.48. The first-order chi connectivity index (χ1) is 8.47. The Labute approximate surface area is 100 Å². The summed E-state index contributed by atoms with van der Waals surface area (Å²) in [5.41, 5.74) is 0.116. The zero-order valence-corrected chi connectivity index (χ0v) is 8.98. The third-order valence-electron chi connectivity index (χ3n) is 2.15. The molecular weight excluding hydrogens is 247 g/mol. The van der Waals surface area contributed by atoms with E-state index in [9.17, 15) is 18.3 Å². The molecule has 0 radical (unpaired) electrons. The van der Waals surface area contributed by atoms with Gasteiger partial charge < -0.3 is 9.84 Å². The molecule has 0 spiro atoms. The Morgan fingerprint density at radius 2 is 1.78 bits per heavy atom. The Kier molecular flexibility index (Phi) is 3.10. The van der Waals surface area contributed by atoms with Crippen LogP contribution < -0.4 is 4.74 Å². The molecule has 0 atom stereocenters. The van der Waals surface area contributed by atoms with E-state index >= 15 is 0 Å². The van der Waals surface area contributed by atoms with Gasteiger partial charge in [-0.15, -0.1) is 13.2 Å². The van der Waals surface area contributed by atoms with E-state index in [1.165, 1.54) is 36.5 Å². The van der Waals surface area contributed by atoms with Gasteiger partial charge in [-0.3, -0.25) is 4.98 Å². The molecule has 3 nitrogen and oxygen atoms in total. The van der Waals surface area contributed by atoms with Gasteiger partial charge in [0.15, 0.2) is 0 Å². The molecule has 1 N–H and O–H groups in total. The quantitative estimate of drug-likeness (QED) is 0.894. The van der Waals surface area contributed by atoms with Gasteiger partial charge in [0.25, 0.3) is 0 Å². The molecule has 18 heavy (non-hydrogen) atoms. The SMILES string of the molecule is Oc1cccnc1-c1ccccc1OC(F)(F)F. The van der Waals surface area contributed by atoms with Crippen LogP contribution in [0.2, 0.25) is 0 Å². The van der Waals surface area contributed by atoms with E-state index < -0.39 is 12.1 Å². The standard InChI is InChI=1S/C12H8F3NO2/c13-12(14,15)18-10-6-2-1-4-8(10)11-9(17)5-3-7-16-11/h1-7,17H. The molecule has 0 aliphatic rings. The van der Waals surface area contributed by atoms with Crippen LogP contribution in [0.1, 0.15) is 0 Å². The molecule has 0 saturated heterocycles. The monoisotopic (exact) mass is 255 g/mol. The summed E-state index contributed by atoms with van der Waals surface area (Å²) in [6, 6.07) is 8.32. The van der Waals surface area contributed by atoms with Crippen LogP contribution in [0.5, 0.6) is 11.5 Å². The van der Waals surface area contributed by atoms with Crippen molar-refractivity contribution in [2.45, 2.75) is 6.36 Å². The Balaban J connectivity index is 2.49. The van der Waals surface area contributed by atoms with Gasteiger partial charge in [-0.05, 0) is 24.3 Å². The number of hydrogen-bond acceptors (Lipinski definition) is 3. The average Bonchev–Trinajstić information content (AvgIpc) is 2.29. The van der Waals surface area contributed by atoms with Gasteiger partial charge in [0.05, 0.1) is 0 Å². The van der Waals surface area contributed by atoms with E-state index in [4.69, 9.17) is 0 Å². The summed E-state index contributed by atoms with van der Waals surface area (Å²) < 4.78 is 40.6. The fourth-order valence-electron chi connectivity index (χ4n) is 1.48. The lowest BCUT2D eigenvalue weighted by atomic mass is 10.1. The maximum atomic E-state index is 12.2. The number of alkyl halides is 3. The number of nitrogens with zero attached hydrogens (tertiary/aromatic N) is 1. The van der Waals surface area contributed by atoms with E-state index in [0.29, 0.717) is 0 Å². The van der Waals surface area contributed by atoms with Gasteiger partial charge in [-0.1, -0.05) is 12.1 Å². The first kappa shape index (κ1) is 12.2. The molecule has 0 aliphatic heterocycles. The highest BCUT2D eigenvalue weighted by Gasteiger charge is 2.32. The summed E-state index contributed by atoms with van der Waals surface area (Å²) in [5.74, 6) is -0.616. The van der Waals surface area contributed by atoms with E-state index in [1.807, 2.05) is 0 Å². The largest absolute Gasteiger partial charge is 0.573 e. The number of para-hydroxylation sites is 1. The second-order valence-electron chi connectivity index (χ2n) is 3.42. The third-order valence-corrected chi connectivity index (χ3v) is 2.15. The Morgan fingerprint density at radius 3 is 2.44 bits per heavy atom. The molecule has 1 heterocycles. The first-order valence-corrected chi connectivity index (χ1v) is 4.96. The van der Waals surface area contributed by atoms with E-state index in [0.717, 1.165) is 6.07 Å². The van der Waals surface area contributed by atoms with Crippen molar-refractivity contribution >= 4 is 0 Å². The van der Waals surface area contributed by atoms with Crippen molar-refractivity contribution in [3.63, 3.8) is 0 Å². The van der Waals surface area contributed by atoms with Crippen molar-refractivity contribution in [2.75, 3.05) is 0 Å². The zero-order chi connectivity index (χ0) is 13.2. The van der Waals surface area contributed by atoms with Crippen LogP contribution in [0.3, 0.4) is 0 Å². The minimum absolute atomic E-state index is 0.0392. The summed E-state index contributed by atoms with van der Waals surface area (Å²) in [4.78, 5) is 3.84. The molecule has 0 amide bonds. The number of aromatic nitrogens is 1. The van der Waals surface area contributed by atoms with Crippen LogP contribution in [-0.2, 0) is 0 Å². The van der Waals surface area contributed by atoms with Crippen LogP contribution in [0.25, 0.3) is 11.3 Å². The molecule has 1 aromatic heterocycles. The summed E-state index contributed by atoms with van der Waals surface area (Å²) >= 11 is 0. The average molecular weight is 255 g/mol. The molecule has 0 unspecified atom stereocenters. The van der Waals surface area contributed by atoms with Gasteiger partial charge in [0.2, 0.25) is 0 Å². The van der Waals surface area contributed by atoms with E-state index in [1.54, 1.807) is 0 Å². The summed E-state index contributed by atoms with van der Waals surface area (Å²) in [5, 5.41) is 9.59. The normalized spacial score (nSPS) is 11.3. The van der Waals surface area contributed by atoms with Gasteiger partial charge >= 0.3 is 6.36 Å². The maximum absolute atomic E-state index is 12.2. The number of aromatic hydroxyl groups is 1. The van der Waals surface area contributed by atoms with Crippen LogP contribution >= 0.6 is 0 Å². The Morgan fingerprint density at radius 1 is 1.06 bits per heavy atom. The van der Waals surface area contributed by atoms with Crippen LogP contribution in [-0.4, -0.2) is 16.5 Å². The number of hydrogen-bond donors (Lipinski definition) is 1. The Hall–Kier alpha value is -2.24.